The van der Waals surface area contributed by atoms with E-state index in [0.29, 0.717) is 11.7 Å². The minimum absolute atomic E-state index is 0.450. The molecule has 96 valence electrons. The van der Waals surface area contributed by atoms with Gasteiger partial charge in [0.05, 0.1) is 12.3 Å². The van der Waals surface area contributed by atoms with Crippen LogP contribution in [0.2, 0.25) is 0 Å². The number of rotatable bonds is 6. The Morgan fingerprint density at radius 3 is 2.67 bits per heavy atom. The number of nitrogens with two attached hydrogens (primary N) is 1. The van der Waals surface area contributed by atoms with Crippen molar-refractivity contribution in [3.05, 3.63) is 40.9 Å². The van der Waals surface area contributed by atoms with Crippen molar-refractivity contribution in [1.29, 1.82) is 0 Å². The number of anilines is 1. The van der Waals surface area contributed by atoms with E-state index in [0.717, 1.165) is 24.5 Å². The highest BCUT2D eigenvalue weighted by molar-refractivity contribution is 7.13. The van der Waals surface area contributed by atoms with Crippen molar-refractivity contribution in [2.45, 2.75) is 13.0 Å². The highest BCUT2D eigenvalue weighted by Crippen LogP contribution is 2.16. The van der Waals surface area contributed by atoms with Crippen molar-refractivity contribution in [1.82, 2.24) is 4.98 Å². The van der Waals surface area contributed by atoms with Crippen LogP contribution < -0.4 is 10.5 Å². The molecule has 0 aliphatic heterocycles. The Morgan fingerprint density at radius 2 is 2.06 bits per heavy atom. The zero-order chi connectivity index (χ0) is 12.8. The summed E-state index contributed by atoms with van der Waals surface area (Å²) in [5, 5.41) is 2.48. The van der Waals surface area contributed by atoms with Crippen LogP contribution in [0.15, 0.2) is 29.6 Å². The molecular formula is C13H16N2O2S. The lowest BCUT2D eigenvalue weighted by Crippen LogP contribution is -1.97. The van der Waals surface area contributed by atoms with Crippen LogP contribution in [0.3, 0.4) is 0 Å². The van der Waals surface area contributed by atoms with Crippen molar-refractivity contribution in [3.8, 4) is 5.75 Å². The van der Waals surface area contributed by atoms with E-state index in [1.54, 1.807) is 7.11 Å². The zero-order valence-corrected chi connectivity index (χ0v) is 11.1. The van der Waals surface area contributed by atoms with E-state index < -0.39 is 0 Å². The maximum Gasteiger partial charge on any atom is 0.180 e. The van der Waals surface area contributed by atoms with Gasteiger partial charge in [0.25, 0.3) is 0 Å². The topological polar surface area (TPSA) is 57.4 Å². The third kappa shape index (κ3) is 3.72. The summed E-state index contributed by atoms with van der Waals surface area (Å²) in [6.45, 7) is 1.18. The maximum atomic E-state index is 5.62. The van der Waals surface area contributed by atoms with E-state index in [2.05, 4.69) is 4.98 Å². The highest BCUT2D eigenvalue weighted by atomic mass is 32.1. The van der Waals surface area contributed by atoms with Gasteiger partial charge in [0.1, 0.15) is 12.4 Å². The molecule has 2 rings (SSSR count). The van der Waals surface area contributed by atoms with Crippen LogP contribution in [0.25, 0.3) is 0 Å². The molecule has 0 aliphatic rings. The molecule has 0 spiro atoms. The minimum atomic E-state index is 0.450. The predicted octanol–water partition coefficient (Wildman–Crippen LogP) is 2.49. The van der Waals surface area contributed by atoms with Crippen molar-refractivity contribution in [3.63, 3.8) is 0 Å². The molecule has 1 aromatic heterocycles. The summed E-state index contributed by atoms with van der Waals surface area (Å²) in [5.74, 6) is 0.836. The molecule has 1 aromatic carbocycles. The summed E-state index contributed by atoms with van der Waals surface area (Å²) in [4.78, 5) is 4.14. The van der Waals surface area contributed by atoms with Crippen molar-refractivity contribution in [2.24, 2.45) is 0 Å². The third-order valence-electron chi connectivity index (χ3n) is 2.47. The van der Waals surface area contributed by atoms with E-state index in [4.69, 9.17) is 15.2 Å². The van der Waals surface area contributed by atoms with Gasteiger partial charge in [-0.25, -0.2) is 4.98 Å². The first-order valence-corrected chi connectivity index (χ1v) is 6.56. The van der Waals surface area contributed by atoms with Crippen LogP contribution in [-0.2, 0) is 17.8 Å². The second kappa shape index (κ2) is 6.37. The number of nitrogen functional groups attached to an aromatic ring is 1. The molecular weight excluding hydrogens is 248 g/mol. The molecule has 1 heterocycles. The first-order valence-electron chi connectivity index (χ1n) is 5.68. The Hall–Kier alpha value is -1.59. The Balaban J connectivity index is 1.86. The quantitative estimate of drug-likeness (QED) is 0.871. The number of benzene rings is 1. The van der Waals surface area contributed by atoms with Crippen LogP contribution in [-0.4, -0.2) is 18.7 Å². The molecule has 0 amide bonds. The zero-order valence-electron chi connectivity index (χ0n) is 10.3. The van der Waals surface area contributed by atoms with Crippen molar-refractivity contribution in [2.75, 3.05) is 19.5 Å². The molecule has 18 heavy (non-hydrogen) atoms. The summed E-state index contributed by atoms with van der Waals surface area (Å²) < 4.78 is 10.7. The van der Waals surface area contributed by atoms with Gasteiger partial charge >= 0.3 is 0 Å². The molecule has 0 unspecified atom stereocenters. The van der Waals surface area contributed by atoms with Gasteiger partial charge < -0.3 is 15.2 Å². The average molecular weight is 264 g/mol. The molecule has 5 heteroatoms. The average Bonchev–Trinajstić information content (AvgIpc) is 2.81. The molecule has 0 saturated heterocycles. The van der Waals surface area contributed by atoms with Gasteiger partial charge in [-0.05, 0) is 24.1 Å². The van der Waals surface area contributed by atoms with Crippen LogP contribution in [0.5, 0.6) is 5.75 Å². The molecule has 0 fully saturated rings. The Morgan fingerprint density at radius 1 is 1.28 bits per heavy atom. The van der Waals surface area contributed by atoms with Gasteiger partial charge in [0.15, 0.2) is 5.13 Å². The smallest absolute Gasteiger partial charge is 0.180 e. The van der Waals surface area contributed by atoms with E-state index >= 15 is 0 Å². The lowest BCUT2D eigenvalue weighted by Gasteiger charge is -2.05. The normalized spacial score (nSPS) is 10.5. The molecule has 2 N–H and O–H groups in total. The fourth-order valence-corrected chi connectivity index (χ4v) is 2.07. The Labute approximate surface area is 110 Å². The molecule has 0 bridgehead atoms. The first kappa shape index (κ1) is 12.9. The summed E-state index contributed by atoms with van der Waals surface area (Å²) in [6, 6.07) is 8.01. The van der Waals surface area contributed by atoms with E-state index in [-0.39, 0.29) is 0 Å². The van der Waals surface area contributed by atoms with Crippen LogP contribution in [0, 0.1) is 0 Å². The standard InChI is InChI=1S/C13H16N2O2S/c1-16-7-6-10-2-4-12(5-3-10)17-8-11-9-18-13(14)15-11/h2-5,9H,6-8H2,1H3,(H2,14,15). The first-order chi connectivity index (χ1) is 8.78. The van der Waals surface area contributed by atoms with E-state index in [9.17, 15) is 0 Å². The summed E-state index contributed by atoms with van der Waals surface area (Å²) in [6.07, 6.45) is 0.916. The largest absolute Gasteiger partial charge is 0.487 e. The van der Waals surface area contributed by atoms with Gasteiger partial charge in [-0.2, -0.15) is 0 Å². The van der Waals surface area contributed by atoms with E-state index in [1.807, 2.05) is 29.6 Å². The van der Waals surface area contributed by atoms with Crippen molar-refractivity contribution >= 4 is 16.5 Å². The second-order valence-electron chi connectivity index (χ2n) is 3.85. The number of hydrogen-bond donors (Lipinski definition) is 1. The third-order valence-corrected chi connectivity index (χ3v) is 3.20. The lowest BCUT2D eigenvalue weighted by molar-refractivity contribution is 0.202. The predicted molar refractivity (Wildman–Crippen MR) is 72.9 cm³/mol. The molecule has 2 aromatic rings. The highest BCUT2D eigenvalue weighted by Gasteiger charge is 2.00. The Bertz CT molecular complexity index is 482. The fraction of sp³-hybridized carbons (Fsp3) is 0.308. The van der Waals surface area contributed by atoms with Crippen LogP contribution in [0.4, 0.5) is 5.13 Å². The van der Waals surface area contributed by atoms with Gasteiger partial charge in [0.2, 0.25) is 0 Å². The van der Waals surface area contributed by atoms with Gasteiger partial charge in [-0.1, -0.05) is 12.1 Å². The van der Waals surface area contributed by atoms with Crippen LogP contribution >= 0.6 is 11.3 Å². The number of aromatic nitrogens is 1. The summed E-state index contributed by atoms with van der Waals surface area (Å²) >= 11 is 1.42. The number of ether oxygens (including phenoxy) is 2. The van der Waals surface area contributed by atoms with Gasteiger partial charge in [-0.15, -0.1) is 11.3 Å². The SMILES string of the molecule is COCCc1ccc(OCc2csc(N)n2)cc1. The minimum Gasteiger partial charge on any atom is -0.487 e. The maximum absolute atomic E-state index is 5.62. The Kier molecular flexibility index (Phi) is 4.55. The molecule has 0 saturated carbocycles. The molecule has 0 aliphatic carbocycles. The number of hydrogen-bond acceptors (Lipinski definition) is 5. The van der Waals surface area contributed by atoms with E-state index in [1.165, 1.54) is 16.9 Å². The summed E-state index contributed by atoms with van der Waals surface area (Å²) in [5.41, 5.74) is 7.65. The molecule has 4 nitrogen and oxygen atoms in total. The lowest BCUT2D eigenvalue weighted by atomic mass is 10.1. The fourth-order valence-electron chi connectivity index (χ4n) is 1.52. The monoisotopic (exact) mass is 264 g/mol. The number of thiazole rings is 1. The van der Waals surface area contributed by atoms with Crippen molar-refractivity contribution < 1.29 is 9.47 Å². The van der Waals surface area contributed by atoms with Gasteiger partial charge in [-0.3, -0.25) is 0 Å². The second-order valence-corrected chi connectivity index (χ2v) is 4.74. The number of nitrogens with zero attached hydrogens (tertiary/aromatic N) is 1. The van der Waals surface area contributed by atoms with Gasteiger partial charge in [0, 0.05) is 12.5 Å². The summed E-state index contributed by atoms with van der Waals surface area (Å²) in [7, 11) is 1.71. The number of methoxy groups -OCH3 is 1. The molecule has 0 atom stereocenters. The molecule has 0 radical (unpaired) electrons. The van der Waals surface area contributed by atoms with Crippen LogP contribution in [0.1, 0.15) is 11.3 Å².